The van der Waals surface area contributed by atoms with Crippen LogP contribution in [0, 0.1) is 20.8 Å². The number of aryl methyl sites for hydroxylation is 3. The summed E-state index contributed by atoms with van der Waals surface area (Å²) < 4.78 is 5.30. The van der Waals surface area contributed by atoms with Crippen LogP contribution in [-0.2, 0) is 4.79 Å². The molecular formula is C19H24N2O2. The number of hydrogen-bond acceptors (Lipinski definition) is 3. The van der Waals surface area contributed by atoms with Crippen LogP contribution in [-0.4, -0.2) is 19.1 Å². The SMILES string of the molecule is COc1ccc(C)cc1NC(=O)[C@H](C)Nc1ccc(C)cc1C. The van der Waals surface area contributed by atoms with Gasteiger partial charge in [0.2, 0.25) is 5.91 Å². The van der Waals surface area contributed by atoms with E-state index in [-0.39, 0.29) is 11.9 Å². The van der Waals surface area contributed by atoms with Gasteiger partial charge >= 0.3 is 0 Å². The number of carbonyl (C=O) groups excluding carboxylic acids is 1. The summed E-state index contributed by atoms with van der Waals surface area (Å²) in [7, 11) is 1.59. The molecule has 0 saturated heterocycles. The summed E-state index contributed by atoms with van der Waals surface area (Å²) in [4.78, 5) is 12.4. The number of hydrogen-bond donors (Lipinski definition) is 2. The maximum absolute atomic E-state index is 12.4. The van der Waals surface area contributed by atoms with Gasteiger partial charge in [0.05, 0.1) is 12.8 Å². The highest BCUT2D eigenvalue weighted by Gasteiger charge is 2.15. The van der Waals surface area contributed by atoms with E-state index in [1.807, 2.05) is 51.1 Å². The van der Waals surface area contributed by atoms with E-state index >= 15 is 0 Å². The molecule has 0 bridgehead atoms. The number of methoxy groups -OCH3 is 1. The van der Waals surface area contributed by atoms with E-state index in [9.17, 15) is 4.79 Å². The Kier molecular flexibility index (Phi) is 5.27. The molecular weight excluding hydrogens is 288 g/mol. The Balaban J connectivity index is 2.10. The van der Waals surface area contributed by atoms with Gasteiger partial charge in [0, 0.05) is 5.69 Å². The van der Waals surface area contributed by atoms with Gasteiger partial charge in [-0.25, -0.2) is 0 Å². The van der Waals surface area contributed by atoms with Gasteiger partial charge in [-0.3, -0.25) is 4.79 Å². The molecule has 4 heteroatoms. The Morgan fingerprint density at radius 3 is 2.30 bits per heavy atom. The van der Waals surface area contributed by atoms with E-state index in [1.54, 1.807) is 7.11 Å². The number of benzene rings is 2. The van der Waals surface area contributed by atoms with Gasteiger partial charge in [0.15, 0.2) is 0 Å². The number of anilines is 2. The Bertz CT molecular complexity index is 711. The molecule has 0 spiro atoms. The predicted octanol–water partition coefficient (Wildman–Crippen LogP) is 4.06. The van der Waals surface area contributed by atoms with Crippen LogP contribution in [0.3, 0.4) is 0 Å². The minimum Gasteiger partial charge on any atom is -0.495 e. The molecule has 0 heterocycles. The molecule has 2 rings (SSSR count). The Morgan fingerprint density at radius 1 is 1.00 bits per heavy atom. The summed E-state index contributed by atoms with van der Waals surface area (Å²) in [5.41, 5.74) is 5.05. The van der Waals surface area contributed by atoms with Gasteiger partial charge in [-0.1, -0.05) is 23.8 Å². The molecule has 0 radical (unpaired) electrons. The molecule has 0 fully saturated rings. The van der Waals surface area contributed by atoms with Crippen molar-refractivity contribution >= 4 is 17.3 Å². The third-order valence-corrected chi connectivity index (χ3v) is 3.76. The Hall–Kier alpha value is -2.49. The zero-order valence-corrected chi connectivity index (χ0v) is 14.4. The second kappa shape index (κ2) is 7.18. The van der Waals surface area contributed by atoms with Crippen LogP contribution in [0.1, 0.15) is 23.6 Å². The maximum atomic E-state index is 12.4. The first-order chi connectivity index (χ1) is 10.9. The lowest BCUT2D eigenvalue weighted by Crippen LogP contribution is -2.32. The molecule has 0 unspecified atom stereocenters. The van der Waals surface area contributed by atoms with Crippen LogP contribution in [0.5, 0.6) is 5.75 Å². The van der Waals surface area contributed by atoms with Crippen LogP contribution >= 0.6 is 0 Å². The summed E-state index contributed by atoms with van der Waals surface area (Å²) in [6.45, 7) is 7.91. The molecule has 4 nitrogen and oxygen atoms in total. The number of carbonyl (C=O) groups is 1. The summed E-state index contributed by atoms with van der Waals surface area (Å²) in [5, 5.41) is 6.18. The minimum atomic E-state index is -0.360. The molecule has 0 aromatic heterocycles. The molecule has 1 amide bonds. The molecule has 0 aliphatic heterocycles. The zero-order valence-electron chi connectivity index (χ0n) is 14.4. The van der Waals surface area contributed by atoms with Crippen molar-refractivity contribution in [3.05, 3.63) is 53.1 Å². The fourth-order valence-corrected chi connectivity index (χ4v) is 2.43. The van der Waals surface area contributed by atoms with Crippen LogP contribution < -0.4 is 15.4 Å². The van der Waals surface area contributed by atoms with E-state index in [0.29, 0.717) is 11.4 Å². The van der Waals surface area contributed by atoms with Gasteiger partial charge in [-0.2, -0.15) is 0 Å². The van der Waals surface area contributed by atoms with Crippen molar-refractivity contribution in [3.63, 3.8) is 0 Å². The van der Waals surface area contributed by atoms with E-state index in [1.165, 1.54) is 5.56 Å². The molecule has 2 aromatic carbocycles. The zero-order chi connectivity index (χ0) is 17.0. The summed E-state index contributed by atoms with van der Waals surface area (Å²) in [6.07, 6.45) is 0. The minimum absolute atomic E-state index is 0.103. The lowest BCUT2D eigenvalue weighted by atomic mass is 10.1. The third kappa shape index (κ3) is 4.25. The number of amides is 1. The average Bonchev–Trinajstić information content (AvgIpc) is 2.50. The topological polar surface area (TPSA) is 50.4 Å². The van der Waals surface area contributed by atoms with Gasteiger partial charge in [0.1, 0.15) is 11.8 Å². The van der Waals surface area contributed by atoms with Crippen molar-refractivity contribution in [3.8, 4) is 5.75 Å². The van der Waals surface area contributed by atoms with Crippen molar-refractivity contribution < 1.29 is 9.53 Å². The maximum Gasteiger partial charge on any atom is 0.246 e. The van der Waals surface area contributed by atoms with Gasteiger partial charge < -0.3 is 15.4 Å². The molecule has 0 saturated carbocycles. The summed E-state index contributed by atoms with van der Waals surface area (Å²) >= 11 is 0. The first-order valence-electron chi connectivity index (χ1n) is 7.70. The van der Waals surface area contributed by atoms with E-state index in [4.69, 9.17) is 4.74 Å². The molecule has 122 valence electrons. The highest BCUT2D eigenvalue weighted by atomic mass is 16.5. The van der Waals surface area contributed by atoms with Crippen molar-refractivity contribution in [1.82, 2.24) is 0 Å². The van der Waals surface area contributed by atoms with Crippen molar-refractivity contribution in [2.24, 2.45) is 0 Å². The highest BCUT2D eigenvalue weighted by molar-refractivity contribution is 5.97. The van der Waals surface area contributed by atoms with Gasteiger partial charge in [0.25, 0.3) is 0 Å². The van der Waals surface area contributed by atoms with Crippen LogP contribution in [0.25, 0.3) is 0 Å². The van der Waals surface area contributed by atoms with Crippen molar-refractivity contribution in [1.29, 1.82) is 0 Å². The first-order valence-corrected chi connectivity index (χ1v) is 7.70. The van der Waals surface area contributed by atoms with Crippen molar-refractivity contribution in [2.75, 3.05) is 17.7 Å². The molecule has 1 atom stereocenters. The largest absolute Gasteiger partial charge is 0.495 e. The molecule has 2 N–H and O–H groups in total. The second-order valence-corrected chi connectivity index (χ2v) is 5.88. The van der Waals surface area contributed by atoms with Crippen molar-refractivity contribution in [2.45, 2.75) is 33.7 Å². The van der Waals surface area contributed by atoms with Crippen LogP contribution in [0.15, 0.2) is 36.4 Å². The predicted molar refractivity (Wildman–Crippen MR) is 95.4 cm³/mol. The fraction of sp³-hybridized carbons (Fsp3) is 0.316. The molecule has 0 aliphatic rings. The quantitative estimate of drug-likeness (QED) is 0.875. The van der Waals surface area contributed by atoms with E-state index in [2.05, 4.69) is 23.6 Å². The number of ether oxygens (including phenoxy) is 1. The van der Waals surface area contributed by atoms with E-state index < -0.39 is 0 Å². The highest BCUT2D eigenvalue weighted by Crippen LogP contribution is 2.25. The monoisotopic (exact) mass is 312 g/mol. The number of nitrogens with one attached hydrogen (secondary N) is 2. The Morgan fingerprint density at radius 2 is 1.65 bits per heavy atom. The second-order valence-electron chi connectivity index (χ2n) is 5.88. The lowest BCUT2D eigenvalue weighted by Gasteiger charge is -2.18. The van der Waals surface area contributed by atoms with E-state index in [0.717, 1.165) is 16.8 Å². The standard InChI is InChI=1S/C19H24N2O2/c1-12-6-8-16(14(3)10-12)20-15(4)19(22)21-17-11-13(2)7-9-18(17)23-5/h6-11,15,20H,1-5H3,(H,21,22)/t15-/m0/s1. The van der Waals surface area contributed by atoms with Gasteiger partial charge in [-0.05, 0) is 57.0 Å². The molecule has 0 aliphatic carbocycles. The molecule has 23 heavy (non-hydrogen) atoms. The average molecular weight is 312 g/mol. The van der Waals surface area contributed by atoms with Gasteiger partial charge in [-0.15, -0.1) is 0 Å². The normalized spacial score (nSPS) is 11.7. The first kappa shape index (κ1) is 16.9. The lowest BCUT2D eigenvalue weighted by molar-refractivity contribution is -0.116. The third-order valence-electron chi connectivity index (χ3n) is 3.76. The fourth-order valence-electron chi connectivity index (χ4n) is 2.43. The summed E-state index contributed by atoms with van der Waals surface area (Å²) in [6, 6.07) is 11.5. The smallest absolute Gasteiger partial charge is 0.246 e. The summed E-state index contributed by atoms with van der Waals surface area (Å²) in [5.74, 6) is 0.552. The van der Waals surface area contributed by atoms with Crippen LogP contribution in [0.4, 0.5) is 11.4 Å². The van der Waals surface area contributed by atoms with Crippen LogP contribution in [0.2, 0.25) is 0 Å². The Labute approximate surface area is 137 Å². The molecule has 2 aromatic rings. The number of rotatable bonds is 5.